The summed E-state index contributed by atoms with van der Waals surface area (Å²) in [5.74, 6) is -1.89. The Labute approximate surface area is 182 Å². The number of nitrogens with zero attached hydrogens (tertiary/aromatic N) is 1. The molecule has 3 amide bonds. The first-order valence-corrected chi connectivity index (χ1v) is 11.3. The van der Waals surface area contributed by atoms with Gasteiger partial charge in [0.15, 0.2) is 0 Å². The summed E-state index contributed by atoms with van der Waals surface area (Å²) in [6.07, 6.45) is 8.55. The van der Waals surface area contributed by atoms with Crippen LogP contribution in [0.4, 0.5) is 0 Å². The van der Waals surface area contributed by atoms with Crippen molar-refractivity contribution in [2.24, 2.45) is 11.8 Å². The molecular formula is C24H29N3O4. The fourth-order valence-electron chi connectivity index (χ4n) is 5.91. The van der Waals surface area contributed by atoms with Gasteiger partial charge in [-0.2, -0.15) is 0 Å². The molecule has 31 heavy (non-hydrogen) atoms. The minimum Gasteiger partial charge on any atom is -0.359 e. The largest absolute Gasteiger partial charge is 0.359 e. The lowest BCUT2D eigenvalue weighted by atomic mass is 9.74. The highest BCUT2D eigenvalue weighted by atomic mass is 16.5. The fraction of sp³-hybridized carbons (Fsp3) is 0.542. The van der Waals surface area contributed by atoms with Crippen LogP contribution in [0.5, 0.6) is 0 Å². The Balaban J connectivity index is 1.50. The summed E-state index contributed by atoms with van der Waals surface area (Å²) in [6.45, 7) is 0.309. The molecule has 5 rings (SSSR count). The zero-order valence-corrected chi connectivity index (χ0v) is 17.8. The zero-order chi connectivity index (χ0) is 21.6. The first-order valence-electron chi connectivity index (χ1n) is 11.3. The number of fused-ring (bicyclic) bond motifs is 1. The van der Waals surface area contributed by atoms with Crippen LogP contribution in [0.2, 0.25) is 0 Å². The smallest absolute Gasteiger partial charge is 0.246 e. The van der Waals surface area contributed by atoms with Gasteiger partial charge in [0.2, 0.25) is 17.7 Å². The standard InChI is InChI=1S/C24H29N3O4/c1-25-21(28)18-17-12-13-24(31-17)19(18)23(30)27(14-15-8-4-2-5-9-15)20(24)22(29)26-16-10-6-3-7-11-16/h2,4-5,8-9,12-13,16-20H,3,6-7,10-11,14H2,1H3,(H,25,28)(H,26,29). The van der Waals surface area contributed by atoms with Gasteiger partial charge in [0, 0.05) is 19.6 Å². The Morgan fingerprint density at radius 2 is 1.87 bits per heavy atom. The second-order valence-corrected chi connectivity index (χ2v) is 9.11. The van der Waals surface area contributed by atoms with E-state index in [2.05, 4.69) is 10.6 Å². The number of benzene rings is 1. The van der Waals surface area contributed by atoms with E-state index < -0.39 is 29.6 Å². The molecule has 4 aliphatic rings. The maximum absolute atomic E-state index is 13.7. The molecule has 2 saturated heterocycles. The first kappa shape index (κ1) is 20.2. The van der Waals surface area contributed by atoms with Crippen LogP contribution >= 0.6 is 0 Å². The second-order valence-electron chi connectivity index (χ2n) is 9.11. The van der Waals surface area contributed by atoms with E-state index >= 15 is 0 Å². The van der Waals surface area contributed by atoms with Crippen molar-refractivity contribution in [2.75, 3.05) is 7.05 Å². The van der Waals surface area contributed by atoms with Crippen LogP contribution in [0.3, 0.4) is 0 Å². The highest BCUT2D eigenvalue weighted by Crippen LogP contribution is 2.55. The molecule has 0 aromatic heterocycles. The predicted molar refractivity (Wildman–Crippen MR) is 114 cm³/mol. The minimum atomic E-state index is -1.09. The molecule has 1 saturated carbocycles. The summed E-state index contributed by atoms with van der Waals surface area (Å²) < 4.78 is 6.29. The average Bonchev–Trinajstić information content (AvgIpc) is 3.42. The van der Waals surface area contributed by atoms with Crippen molar-refractivity contribution in [1.82, 2.24) is 15.5 Å². The third kappa shape index (κ3) is 3.17. The van der Waals surface area contributed by atoms with Gasteiger partial charge in [-0.1, -0.05) is 61.7 Å². The van der Waals surface area contributed by atoms with Crippen LogP contribution in [0, 0.1) is 11.8 Å². The van der Waals surface area contributed by atoms with E-state index in [-0.39, 0.29) is 23.8 Å². The lowest BCUT2D eigenvalue weighted by Crippen LogP contribution is -2.56. The topological polar surface area (TPSA) is 87.7 Å². The molecule has 1 aromatic rings. The van der Waals surface area contributed by atoms with E-state index in [1.165, 1.54) is 6.42 Å². The number of amides is 3. The van der Waals surface area contributed by atoms with Crippen LogP contribution in [-0.4, -0.2) is 53.5 Å². The van der Waals surface area contributed by atoms with Crippen LogP contribution < -0.4 is 10.6 Å². The molecule has 5 unspecified atom stereocenters. The van der Waals surface area contributed by atoms with Gasteiger partial charge < -0.3 is 20.3 Å². The van der Waals surface area contributed by atoms with Gasteiger partial charge >= 0.3 is 0 Å². The fourth-order valence-corrected chi connectivity index (χ4v) is 5.91. The maximum Gasteiger partial charge on any atom is 0.246 e. The lowest BCUT2D eigenvalue weighted by Gasteiger charge is -2.34. The van der Waals surface area contributed by atoms with Crippen molar-refractivity contribution >= 4 is 17.7 Å². The Hall–Kier alpha value is -2.67. The molecule has 1 aliphatic carbocycles. The lowest BCUT2D eigenvalue weighted by molar-refractivity contribution is -0.142. The van der Waals surface area contributed by atoms with Crippen molar-refractivity contribution in [1.29, 1.82) is 0 Å². The number of carbonyl (C=O) groups is 3. The monoisotopic (exact) mass is 423 g/mol. The Kier molecular flexibility index (Phi) is 5.08. The second kappa shape index (κ2) is 7.79. The van der Waals surface area contributed by atoms with Crippen LogP contribution in [-0.2, 0) is 25.7 Å². The normalized spacial score (nSPS) is 34.1. The molecule has 3 heterocycles. The van der Waals surface area contributed by atoms with Crippen LogP contribution in [0.1, 0.15) is 37.7 Å². The molecule has 2 N–H and O–H groups in total. The van der Waals surface area contributed by atoms with Gasteiger partial charge in [-0.25, -0.2) is 0 Å². The Bertz CT molecular complexity index is 911. The van der Waals surface area contributed by atoms with E-state index in [0.29, 0.717) is 6.54 Å². The molecule has 5 atom stereocenters. The zero-order valence-electron chi connectivity index (χ0n) is 17.8. The molecule has 3 fully saturated rings. The van der Waals surface area contributed by atoms with E-state index in [1.54, 1.807) is 11.9 Å². The highest BCUT2D eigenvalue weighted by molar-refractivity contribution is 5.99. The number of likely N-dealkylation sites (tertiary alicyclic amines) is 1. The highest BCUT2D eigenvalue weighted by Gasteiger charge is 2.72. The van der Waals surface area contributed by atoms with Crippen molar-refractivity contribution < 1.29 is 19.1 Å². The van der Waals surface area contributed by atoms with Crippen LogP contribution in [0.15, 0.2) is 42.5 Å². The molecule has 3 aliphatic heterocycles. The molecule has 1 aromatic carbocycles. The number of carbonyl (C=O) groups excluding carboxylic acids is 3. The molecule has 2 bridgehead atoms. The van der Waals surface area contributed by atoms with Gasteiger partial charge in [0.05, 0.1) is 17.9 Å². The van der Waals surface area contributed by atoms with Gasteiger partial charge in [-0.05, 0) is 18.4 Å². The van der Waals surface area contributed by atoms with Crippen molar-refractivity contribution in [2.45, 2.75) is 62.4 Å². The molecular weight excluding hydrogens is 394 g/mol. The van der Waals surface area contributed by atoms with Gasteiger partial charge in [0.25, 0.3) is 0 Å². The third-order valence-electron chi connectivity index (χ3n) is 7.32. The number of hydrogen-bond donors (Lipinski definition) is 2. The molecule has 164 valence electrons. The number of ether oxygens (including phenoxy) is 1. The number of hydrogen-bond acceptors (Lipinski definition) is 4. The quantitative estimate of drug-likeness (QED) is 0.703. The van der Waals surface area contributed by atoms with E-state index in [9.17, 15) is 14.4 Å². The summed E-state index contributed by atoms with van der Waals surface area (Å²) >= 11 is 0. The van der Waals surface area contributed by atoms with E-state index in [4.69, 9.17) is 4.74 Å². The van der Waals surface area contributed by atoms with Gasteiger partial charge in [-0.15, -0.1) is 0 Å². The molecule has 7 nitrogen and oxygen atoms in total. The molecule has 0 radical (unpaired) electrons. The molecule has 1 spiro atoms. The van der Waals surface area contributed by atoms with Crippen molar-refractivity contribution in [3.8, 4) is 0 Å². The summed E-state index contributed by atoms with van der Waals surface area (Å²) in [6, 6.07) is 8.98. The average molecular weight is 424 g/mol. The summed E-state index contributed by atoms with van der Waals surface area (Å²) in [4.78, 5) is 41.6. The van der Waals surface area contributed by atoms with Crippen molar-refractivity contribution in [3.05, 3.63) is 48.0 Å². The SMILES string of the molecule is CNC(=O)C1C2C=CC3(O2)C1C(=O)N(Cc1ccccc1)C3C(=O)NC1CCCCC1. The van der Waals surface area contributed by atoms with Crippen molar-refractivity contribution in [3.63, 3.8) is 0 Å². The first-order chi connectivity index (χ1) is 15.0. The minimum absolute atomic E-state index is 0.127. The number of rotatable bonds is 5. The Morgan fingerprint density at radius 3 is 2.58 bits per heavy atom. The van der Waals surface area contributed by atoms with E-state index in [1.807, 2.05) is 42.5 Å². The van der Waals surface area contributed by atoms with E-state index in [0.717, 1.165) is 31.2 Å². The predicted octanol–water partition coefficient (Wildman–Crippen LogP) is 1.53. The number of nitrogens with one attached hydrogen (secondary N) is 2. The molecule has 7 heteroatoms. The van der Waals surface area contributed by atoms with Crippen LogP contribution in [0.25, 0.3) is 0 Å². The summed E-state index contributed by atoms with van der Waals surface area (Å²) in [7, 11) is 1.57. The third-order valence-corrected chi connectivity index (χ3v) is 7.32. The summed E-state index contributed by atoms with van der Waals surface area (Å²) in [5.41, 5.74) is -0.148. The maximum atomic E-state index is 13.7. The van der Waals surface area contributed by atoms with Gasteiger partial charge in [-0.3, -0.25) is 14.4 Å². The Morgan fingerprint density at radius 1 is 1.13 bits per heavy atom. The van der Waals surface area contributed by atoms with Gasteiger partial charge in [0.1, 0.15) is 11.6 Å². The summed E-state index contributed by atoms with van der Waals surface area (Å²) in [5, 5.41) is 5.87.